The lowest BCUT2D eigenvalue weighted by molar-refractivity contribution is -0.265. The Labute approximate surface area is 354 Å². The highest BCUT2D eigenvalue weighted by Gasteiger charge is 2.53. The number of amides is 1. The van der Waals surface area contributed by atoms with Crippen molar-refractivity contribution in [2.24, 2.45) is 59.2 Å². The van der Waals surface area contributed by atoms with Gasteiger partial charge in [-0.3, -0.25) is 9.59 Å². The summed E-state index contributed by atoms with van der Waals surface area (Å²) in [6.07, 6.45) is 12.8. The van der Waals surface area contributed by atoms with Crippen molar-refractivity contribution in [3.05, 3.63) is 34.9 Å². The van der Waals surface area contributed by atoms with Gasteiger partial charge in [0.05, 0.1) is 12.2 Å². The first kappa shape index (κ1) is 50.1. The van der Waals surface area contributed by atoms with Crippen molar-refractivity contribution in [1.82, 2.24) is 4.90 Å². The second-order valence-corrected chi connectivity index (χ2v) is 20.1. The molecule has 14 atom stereocenters. The fourth-order valence-corrected chi connectivity index (χ4v) is 9.89. The number of carbonyl (C=O) groups excluding carboxylic acids is 3. The molecule has 0 aromatic rings. The third kappa shape index (κ3) is 13.4. The Bertz CT molecular complexity index is 1450. The van der Waals surface area contributed by atoms with E-state index >= 15 is 0 Å². The maximum atomic E-state index is 14.2. The highest BCUT2D eigenvalue weighted by atomic mass is 16.6. The molecule has 3 aliphatic rings. The third-order valence-corrected chi connectivity index (χ3v) is 14.8. The van der Waals surface area contributed by atoms with Gasteiger partial charge in [0.2, 0.25) is 5.79 Å². The van der Waals surface area contributed by atoms with Crippen LogP contribution in [0.25, 0.3) is 0 Å². The van der Waals surface area contributed by atoms with E-state index < -0.39 is 47.6 Å². The van der Waals surface area contributed by atoms with Gasteiger partial charge in [-0.25, -0.2) is 4.79 Å². The molecule has 8 nitrogen and oxygen atoms in total. The molecule has 0 saturated carbocycles. The van der Waals surface area contributed by atoms with Gasteiger partial charge in [0.25, 0.3) is 11.7 Å². The summed E-state index contributed by atoms with van der Waals surface area (Å²) in [4.78, 5) is 43.9. The Hall–Kier alpha value is -2.29. The molecule has 58 heavy (non-hydrogen) atoms. The Morgan fingerprint density at radius 1 is 0.914 bits per heavy atom. The Morgan fingerprint density at radius 3 is 2.21 bits per heavy atom. The highest BCUT2D eigenvalue weighted by Crippen LogP contribution is 2.39. The molecule has 2 N–H and O–H groups in total. The van der Waals surface area contributed by atoms with Crippen molar-refractivity contribution < 1.29 is 34.1 Å². The standard InChI is InChI=1S/C50H85NO7/c1-15-42-20-22-45(38(11)28-33(6)30(2)3)57-49(55)44-18-16-17-23-51(44)48(54)47(53)50(56)40(13)19-21-43(58-50)29-37(10)41(14)36(9)26-31(4)24-34(7)35(8)25-32(5)27-39(12)46(42)52/h20,25,28,30-34,36-37,39-41,43-46,52,56H,15-19,21-24,26-27,29H2,1-14H3/b35-25+,38-28+,42-20+. The smallest absolute Gasteiger partial charge is 0.329 e. The van der Waals surface area contributed by atoms with Crippen LogP contribution in [0.15, 0.2) is 34.9 Å². The SMILES string of the molecule is CC/C1=C\CC(/C(C)=C/C(C)C(C)C)OC(=O)C2CCCCN2C(=O)C(=O)C2(O)OC(CCC2C)CC(C)C(C)C(C)CC(C)CC(C)/C(C)=C/C(C)CC(C)C1O. The summed E-state index contributed by atoms with van der Waals surface area (Å²) in [5, 5.41) is 23.6. The lowest BCUT2D eigenvalue weighted by Crippen LogP contribution is -2.60. The van der Waals surface area contributed by atoms with E-state index in [0.717, 1.165) is 30.4 Å². The van der Waals surface area contributed by atoms with Crippen molar-refractivity contribution in [3.63, 3.8) is 0 Å². The molecule has 2 bridgehead atoms. The molecule has 3 heterocycles. The molecular weight excluding hydrogens is 727 g/mol. The van der Waals surface area contributed by atoms with Gasteiger partial charge in [-0.15, -0.1) is 0 Å². The Kier molecular flexibility index (Phi) is 19.4. The van der Waals surface area contributed by atoms with Gasteiger partial charge in [0.1, 0.15) is 12.1 Å². The van der Waals surface area contributed by atoms with Gasteiger partial charge in [-0.05, 0) is 142 Å². The average molecular weight is 812 g/mol. The Balaban J connectivity index is 2.04. The van der Waals surface area contributed by atoms with Crippen molar-refractivity contribution in [2.45, 2.75) is 198 Å². The summed E-state index contributed by atoms with van der Waals surface area (Å²) in [6.45, 7) is 30.7. The minimum Gasteiger partial charge on any atom is -0.456 e. The zero-order valence-corrected chi connectivity index (χ0v) is 39.2. The third-order valence-electron chi connectivity index (χ3n) is 14.8. The van der Waals surface area contributed by atoms with Gasteiger partial charge in [-0.1, -0.05) is 107 Å². The number of esters is 1. The quantitative estimate of drug-likeness (QED) is 0.165. The average Bonchev–Trinajstić information content (AvgIpc) is 3.17. The lowest BCUT2D eigenvalue weighted by atomic mass is 9.75. The number of hydrogen-bond donors (Lipinski definition) is 2. The molecule has 0 radical (unpaired) electrons. The van der Waals surface area contributed by atoms with Gasteiger partial charge in [0, 0.05) is 18.9 Å². The van der Waals surface area contributed by atoms with Crippen molar-refractivity contribution in [1.29, 1.82) is 0 Å². The number of aliphatic hydroxyl groups excluding tert-OH is 1. The fraction of sp³-hybridized carbons (Fsp3) is 0.820. The molecule has 2 saturated heterocycles. The van der Waals surface area contributed by atoms with Crippen LogP contribution in [0.5, 0.6) is 0 Å². The predicted molar refractivity (Wildman–Crippen MR) is 236 cm³/mol. The van der Waals surface area contributed by atoms with Crippen LogP contribution in [-0.2, 0) is 23.9 Å². The zero-order chi connectivity index (χ0) is 43.6. The van der Waals surface area contributed by atoms with E-state index in [1.807, 2.05) is 13.0 Å². The molecule has 3 rings (SSSR count). The van der Waals surface area contributed by atoms with Crippen LogP contribution in [0.4, 0.5) is 0 Å². The normalized spacial score (nSPS) is 40.4. The molecule has 332 valence electrons. The second kappa shape index (κ2) is 22.5. The number of carbonyl (C=O) groups is 3. The lowest BCUT2D eigenvalue weighted by Gasteiger charge is -2.43. The van der Waals surface area contributed by atoms with Crippen molar-refractivity contribution in [3.8, 4) is 0 Å². The summed E-state index contributed by atoms with van der Waals surface area (Å²) < 4.78 is 12.6. The number of fused-ring (bicyclic) bond motifs is 3. The number of hydrogen-bond acceptors (Lipinski definition) is 7. The van der Waals surface area contributed by atoms with Gasteiger partial charge < -0.3 is 24.6 Å². The molecule has 0 aromatic heterocycles. The van der Waals surface area contributed by atoms with E-state index in [2.05, 4.69) is 95.2 Å². The van der Waals surface area contributed by atoms with Gasteiger partial charge in [-0.2, -0.15) is 0 Å². The molecule has 0 aliphatic carbocycles. The molecule has 8 heteroatoms. The van der Waals surface area contributed by atoms with E-state index in [1.54, 1.807) is 6.92 Å². The molecule has 0 aromatic carbocycles. The first-order valence-electron chi connectivity index (χ1n) is 23.3. The summed E-state index contributed by atoms with van der Waals surface area (Å²) >= 11 is 0. The number of aliphatic hydroxyl groups is 2. The summed E-state index contributed by atoms with van der Waals surface area (Å²) in [5.41, 5.74) is 3.25. The van der Waals surface area contributed by atoms with Gasteiger partial charge in [0.15, 0.2) is 0 Å². The number of cyclic esters (lactones) is 1. The molecule has 1 amide bonds. The molecule has 14 unspecified atom stereocenters. The number of rotatable bonds is 4. The number of allylic oxidation sites excluding steroid dienone is 3. The van der Waals surface area contributed by atoms with Gasteiger partial charge >= 0.3 is 5.97 Å². The number of Topliss-reactive ketones (excluding diaryl/α,β-unsaturated/α-hetero) is 1. The van der Waals surface area contributed by atoms with Crippen LogP contribution in [0, 0.1) is 59.2 Å². The molecule has 2 fully saturated rings. The second-order valence-electron chi connectivity index (χ2n) is 20.1. The summed E-state index contributed by atoms with van der Waals surface area (Å²) in [5.74, 6) is -2.11. The van der Waals surface area contributed by atoms with Crippen LogP contribution in [0.2, 0.25) is 0 Å². The van der Waals surface area contributed by atoms with Crippen LogP contribution < -0.4 is 0 Å². The van der Waals surface area contributed by atoms with Crippen LogP contribution in [0.1, 0.15) is 168 Å². The van der Waals surface area contributed by atoms with Crippen LogP contribution in [-0.4, -0.2) is 69.5 Å². The van der Waals surface area contributed by atoms with Crippen LogP contribution >= 0.6 is 0 Å². The Morgan fingerprint density at radius 2 is 1.57 bits per heavy atom. The summed E-state index contributed by atoms with van der Waals surface area (Å²) in [6, 6.07) is -0.949. The highest BCUT2D eigenvalue weighted by molar-refractivity contribution is 6.39. The fourth-order valence-electron chi connectivity index (χ4n) is 9.89. The van der Waals surface area contributed by atoms with E-state index in [-0.39, 0.29) is 30.4 Å². The summed E-state index contributed by atoms with van der Waals surface area (Å²) in [7, 11) is 0. The van der Waals surface area contributed by atoms with E-state index in [0.29, 0.717) is 86.9 Å². The maximum absolute atomic E-state index is 14.2. The molecule has 0 spiro atoms. The van der Waals surface area contributed by atoms with Crippen molar-refractivity contribution >= 4 is 17.7 Å². The largest absolute Gasteiger partial charge is 0.456 e. The van der Waals surface area contributed by atoms with E-state index in [9.17, 15) is 24.6 Å². The first-order valence-corrected chi connectivity index (χ1v) is 23.3. The van der Waals surface area contributed by atoms with Crippen molar-refractivity contribution in [2.75, 3.05) is 6.54 Å². The number of nitrogens with zero attached hydrogens (tertiary/aromatic N) is 1. The van der Waals surface area contributed by atoms with E-state index in [1.165, 1.54) is 10.5 Å². The first-order chi connectivity index (χ1) is 27.1. The monoisotopic (exact) mass is 812 g/mol. The minimum absolute atomic E-state index is 0.0328. The van der Waals surface area contributed by atoms with E-state index in [4.69, 9.17) is 9.47 Å². The predicted octanol–water partition coefficient (Wildman–Crippen LogP) is 10.7. The maximum Gasteiger partial charge on any atom is 0.329 e. The minimum atomic E-state index is -2.26. The van der Waals surface area contributed by atoms with Crippen LogP contribution in [0.3, 0.4) is 0 Å². The molecule has 3 aliphatic heterocycles. The topological polar surface area (TPSA) is 113 Å². The number of ether oxygens (including phenoxy) is 2. The zero-order valence-electron chi connectivity index (χ0n) is 39.2. The number of piperidine rings is 1. The molecular formula is C50H85NO7. The number of ketones is 1.